The lowest BCUT2D eigenvalue weighted by atomic mass is 10.2. The van der Waals surface area contributed by atoms with Gasteiger partial charge in [-0.25, -0.2) is 0 Å². The Kier molecular flexibility index (Phi) is 8.84. The maximum Gasteiger partial charge on any atom is 0.161 e. The van der Waals surface area contributed by atoms with Crippen LogP contribution < -0.4 is 14.8 Å². The molecule has 0 spiro atoms. The molecule has 22 heavy (non-hydrogen) atoms. The van der Waals surface area contributed by atoms with E-state index in [1.54, 1.807) is 14.2 Å². The Balaban J connectivity index is 2.34. The molecule has 6 heteroatoms. The highest BCUT2D eigenvalue weighted by atomic mass is 16.5. The molecule has 0 bridgehead atoms. The van der Waals surface area contributed by atoms with Crippen LogP contribution in [0.25, 0.3) is 0 Å². The molecule has 0 aliphatic carbocycles. The second-order valence-electron chi connectivity index (χ2n) is 5.05. The molecule has 0 saturated carbocycles. The van der Waals surface area contributed by atoms with E-state index in [2.05, 4.69) is 5.32 Å². The minimum atomic E-state index is -0.610. The first kappa shape index (κ1) is 18.7. The van der Waals surface area contributed by atoms with Crippen molar-refractivity contribution in [2.45, 2.75) is 32.1 Å². The number of ether oxygens (including phenoxy) is 3. The van der Waals surface area contributed by atoms with Gasteiger partial charge in [0.1, 0.15) is 0 Å². The topological polar surface area (TPSA) is 80.2 Å². The van der Waals surface area contributed by atoms with Crippen molar-refractivity contribution in [1.82, 2.24) is 5.32 Å². The molecule has 6 nitrogen and oxygen atoms in total. The summed E-state index contributed by atoms with van der Waals surface area (Å²) in [5.74, 6) is 1.32. The number of aliphatic hydroxyl groups is 2. The van der Waals surface area contributed by atoms with Gasteiger partial charge in [0, 0.05) is 12.6 Å². The SMILES string of the molecule is CCC(CO)NCC(O)COCc1ccc(OC)c(OC)c1. The summed E-state index contributed by atoms with van der Waals surface area (Å²) >= 11 is 0. The zero-order valence-electron chi connectivity index (χ0n) is 13.5. The molecule has 1 aromatic rings. The standard InChI is InChI=1S/C16H27NO5/c1-4-13(9-18)17-8-14(19)11-22-10-12-5-6-15(20-2)16(7-12)21-3/h5-7,13-14,17-19H,4,8-11H2,1-3H3. The zero-order valence-corrected chi connectivity index (χ0v) is 13.5. The van der Waals surface area contributed by atoms with Gasteiger partial charge in [-0.15, -0.1) is 0 Å². The Morgan fingerprint density at radius 3 is 2.50 bits per heavy atom. The van der Waals surface area contributed by atoms with Crippen LogP contribution >= 0.6 is 0 Å². The zero-order chi connectivity index (χ0) is 16.4. The summed E-state index contributed by atoms with van der Waals surface area (Å²) < 4.78 is 15.9. The van der Waals surface area contributed by atoms with E-state index in [0.717, 1.165) is 12.0 Å². The largest absolute Gasteiger partial charge is 0.493 e. The number of rotatable bonds is 11. The van der Waals surface area contributed by atoms with Crippen LogP contribution in [0.15, 0.2) is 18.2 Å². The number of nitrogens with one attached hydrogen (secondary N) is 1. The second kappa shape index (κ2) is 10.4. The molecule has 3 N–H and O–H groups in total. The summed E-state index contributed by atoms with van der Waals surface area (Å²) in [5, 5.41) is 22.0. The van der Waals surface area contributed by atoms with Gasteiger partial charge in [0.05, 0.1) is 40.1 Å². The molecular weight excluding hydrogens is 286 g/mol. The van der Waals surface area contributed by atoms with Crippen LogP contribution in [0.1, 0.15) is 18.9 Å². The lowest BCUT2D eigenvalue weighted by Crippen LogP contribution is -2.39. The number of hydrogen-bond donors (Lipinski definition) is 3. The predicted molar refractivity (Wildman–Crippen MR) is 84.4 cm³/mol. The smallest absolute Gasteiger partial charge is 0.161 e. The third kappa shape index (κ3) is 6.19. The number of hydrogen-bond acceptors (Lipinski definition) is 6. The number of aliphatic hydroxyl groups excluding tert-OH is 2. The van der Waals surface area contributed by atoms with E-state index < -0.39 is 6.10 Å². The van der Waals surface area contributed by atoms with Crippen LogP contribution in [0.2, 0.25) is 0 Å². The Morgan fingerprint density at radius 1 is 1.18 bits per heavy atom. The highest BCUT2D eigenvalue weighted by molar-refractivity contribution is 5.42. The van der Waals surface area contributed by atoms with Crippen molar-refractivity contribution < 1.29 is 24.4 Å². The van der Waals surface area contributed by atoms with E-state index in [1.165, 1.54) is 0 Å². The predicted octanol–water partition coefficient (Wildman–Crippen LogP) is 0.942. The minimum Gasteiger partial charge on any atom is -0.493 e. The van der Waals surface area contributed by atoms with Crippen LogP contribution in [0.3, 0.4) is 0 Å². The van der Waals surface area contributed by atoms with E-state index in [9.17, 15) is 5.11 Å². The maximum atomic E-state index is 9.84. The Morgan fingerprint density at radius 2 is 1.91 bits per heavy atom. The van der Waals surface area contributed by atoms with E-state index in [-0.39, 0.29) is 19.3 Å². The van der Waals surface area contributed by atoms with Crippen LogP contribution in [0.4, 0.5) is 0 Å². The van der Waals surface area contributed by atoms with Crippen LogP contribution in [-0.2, 0) is 11.3 Å². The monoisotopic (exact) mass is 313 g/mol. The Hall–Kier alpha value is -1.34. The van der Waals surface area contributed by atoms with E-state index in [0.29, 0.717) is 24.7 Å². The quantitative estimate of drug-likeness (QED) is 0.564. The molecule has 1 rings (SSSR count). The molecule has 126 valence electrons. The maximum absolute atomic E-state index is 9.84. The molecule has 0 aliphatic heterocycles. The number of benzene rings is 1. The van der Waals surface area contributed by atoms with E-state index in [1.807, 2.05) is 25.1 Å². The third-order valence-corrected chi connectivity index (χ3v) is 3.38. The molecule has 0 heterocycles. The normalized spacial score (nSPS) is 13.7. The van der Waals surface area contributed by atoms with Gasteiger partial charge < -0.3 is 29.7 Å². The fourth-order valence-electron chi connectivity index (χ4n) is 1.98. The van der Waals surface area contributed by atoms with Crippen molar-refractivity contribution in [2.24, 2.45) is 0 Å². The Bertz CT molecular complexity index is 423. The molecule has 0 saturated heterocycles. The number of methoxy groups -OCH3 is 2. The van der Waals surface area contributed by atoms with Crippen molar-refractivity contribution in [1.29, 1.82) is 0 Å². The summed E-state index contributed by atoms with van der Waals surface area (Å²) in [6, 6.07) is 5.58. The average Bonchev–Trinajstić information content (AvgIpc) is 2.55. The van der Waals surface area contributed by atoms with Crippen LogP contribution in [0, 0.1) is 0 Å². The van der Waals surface area contributed by atoms with Gasteiger partial charge in [-0.05, 0) is 24.1 Å². The summed E-state index contributed by atoms with van der Waals surface area (Å²) in [6.45, 7) is 3.05. The Labute approximate surface area is 132 Å². The average molecular weight is 313 g/mol. The van der Waals surface area contributed by atoms with Gasteiger partial charge in [-0.3, -0.25) is 0 Å². The summed E-state index contributed by atoms with van der Waals surface area (Å²) in [5.41, 5.74) is 0.944. The summed E-state index contributed by atoms with van der Waals surface area (Å²) in [7, 11) is 3.18. The van der Waals surface area contributed by atoms with Crippen molar-refractivity contribution in [3.63, 3.8) is 0 Å². The first-order valence-electron chi connectivity index (χ1n) is 7.45. The van der Waals surface area contributed by atoms with Gasteiger partial charge in [0.25, 0.3) is 0 Å². The third-order valence-electron chi connectivity index (χ3n) is 3.38. The van der Waals surface area contributed by atoms with Crippen molar-refractivity contribution >= 4 is 0 Å². The van der Waals surface area contributed by atoms with E-state index >= 15 is 0 Å². The minimum absolute atomic E-state index is 0.0144. The first-order valence-corrected chi connectivity index (χ1v) is 7.45. The lowest BCUT2D eigenvalue weighted by molar-refractivity contribution is 0.0264. The molecular formula is C16H27NO5. The van der Waals surface area contributed by atoms with Crippen LogP contribution in [-0.4, -0.2) is 56.3 Å². The highest BCUT2D eigenvalue weighted by Gasteiger charge is 2.09. The molecule has 1 aromatic carbocycles. The van der Waals surface area contributed by atoms with Crippen molar-refractivity contribution in [3.05, 3.63) is 23.8 Å². The van der Waals surface area contributed by atoms with Gasteiger partial charge in [0.2, 0.25) is 0 Å². The van der Waals surface area contributed by atoms with Gasteiger partial charge in [-0.2, -0.15) is 0 Å². The second-order valence-corrected chi connectivity index (χ2v) is 5.05. The summed E-state index contributed by atoms with van der Waals surface area (Å²) in [6.07, 6.45) is 0.205. The lowest BCUT2D eigenvalue weighted by Gasteiger charge is -2.17. The molecule has 2 atom stereocenters. The fraction of sp³-hybridized carbons (Fsp3) is 0.625. The molecule has 0 fully saturated rings. The molecule has 0 aliphatic rings. The van der Waals surface area contributed by atoms with Gasteiger partial charge in [-0.1, -0.05) is 13.0 Å². The summed E-state index contributed by atoms with van der Waals surface area (Å²) in [4.78, 5) is 0. The fourth-order valence-corrected chi connectivity index (χ4v) is 1.98. The van der Waals surface area contributed by atoms with E-state index in [4.69, 9.17) is 19.3 Å². The molecule has 0 radical (unpaired) electrons. The van der Waals surface area contributed by atoms with Gasteiger partial charge >= 0.3 is 0 Å². The molecule has 0 amide bonds. The highest BCUT2D eigenvalue weighted by Crippen LogP contribution is 2.27. The molecule has 0 aromatic heterocycles. The van der Waals surface area contributed by atoms with Crippen molar-refractivity contribution in [2.75, 3.05) is 34.0 Å². The van der Waals surface area contributed by atoms with Crippen LogP contribution in [0.5, 0.6) is 11.5 Å². The first-order chi connectivity index (χ1) is 10.6. The molecule has 2 unspecified atom stereocenters. The van der Waals surface area contributed by atoms with Gasteiger partial charge in [0.15, 0.2) is 11.5 Å². The van der Waals surface area contributed by atoms with Crippen molar-refractivity contribution in [3.8, 4) is 11.5 Å².